The van der Waals surface area contributed by atoms with Crippen LogP contribution in [0.15, 0.2) is 63.5 Å². The maximum Gasteiger partial charge on any atom is 0.343 e. The molecule has 0 N–H and O–H groups in total. The van der Waals surface area contributed by atoms with Crippen LogP contribution in [0.2, 0.25) is 0 Å². The second kappa shape index (κ2) is 14.7. The Morgan fingerprint density at radius 3 is 2.40 bits per heavy atom. The number of nitrogens with zero attached hydrogens (tertiary/aromatic N) is 3. The minimum absolute atomic E-state index is 0.0267. The zero-order chi connectivity index (χ0) is 34.5. The zero-order valence-corrected chi connectivity index (χ0v) is 28.5. The predicted molar refractivity (Wildman–Crippen MR) is 179 cm³/mol. The molecule has 0 aliphatic carbocycles. The van der Waals surface area contributed by atoms with Gasteiger partial charge >= 0.3 is 17.9 Å². The summed E-state index contributed by atoms with van der Waals surface area (Å²) in [6, 6.07) is 11.8. The van der Waals surface area contributed by atoms with Gasteiger partial charge in [0.05, 0.1) is 48.8 Å². The fourth-order valence-electron chi connectivity index (χ4n) is 5.70. The molecule has 48 heavy (non-hydrogen) atoms. The van der Waals surface area contributed by atoms with Crippen molar-refractivity contribution in [2.75, 3.05) is 33.5 Å². The van der Waals surface area contributed by atoms with E-state index in [2.05, 4.69) is 9.73 Å². The van der Waals surface area contributed by atoms with E-state index in [0.29, 0.717) is 38.7 Å². The van der Waals surface area contributed by atoms with Gasteiger partial charge in [0.25, 0.3) is 5.56 Å². The number of methoxy groups -OCH3 is 1. The molecule has 252 valence electrons. The summed E-state index contributed by atoms with van der Waals surface area (Å²) in [6.45, 7) is 9.28. The first-order valence-corrected chi connectivity index (χ1v) is 16.3. The largest absolute Gasteiger partial charge is 0.490 e. The average Bonchev–Trinajstić information content (AvgIpc) is 3.51. The first-order chi connectivity index (χ1) is 23.1. The molecule has 5 rings (SSSR count). The van der Waals surface area contributed by atoms with Crippen LogP contribution in [0.25, 0.3) is 17.0 Å². The highest BCUT2D eigenvalue weighted by molar-refractivity contribution is 7.07. The minimum Gasteiger partial charge on any atom is -0.490 e. The van der Waals surface area contributed by atoms with Gasteiger partial charge in [-0.1, -0.05) is 35.6 Å². The highest BCUT2D eigenvalue weighted by Gasteiger charge is 2.34. The second-order valence-corrected chi connectivity index (χ2v) is 11.7. The van der Waals surface area contributed by atoms with Crippen molar-refractivity contribution in [2.45, 2.75) is 47.2 Å². The summed E-state index contributed by atoms with van der Waals surface area (Å²) >= 11 is 1.20. The molecule has 0 saturated carbocycles. The molecule has 2 aromatic carbocycles. The number of ether oxygens (including phenoxy) is 5. The van der Waals surface area contributed by atoms with E-state index in [1.165, 1.54) is 23.0 Å². The van der Waals surface area contributed by atoms with Crippen LogP contribution in [0.3, 0.4) is 0 Å². The molecule has 0 spiro atoms. The molecule has 4 aromatic rings. The first kappa shape index (κ1) is 34.2. The van der Waals surface area contributed by atoms with Gasteiger partial charge in [0.1, 0.15) is 6.54 Å². The molecule has 0 fully saturated rings. The maximum atomic E-state index is 14.4. The third-order valence-electron chi connectivity index (χ3n) is 7.82. The van der Waals surface area contributed by atoms with Crippen molar-refractivity contribution in [3.63, 3.8) is 0 Å². The number of hydrogen-bond acceptors (Lipinski definition) is 11. The van der Waals surface area contributed by atoms with Crippen molar-refractivity contribution >= 4 is 46.2 Å². The highest BCUT2D eigenvalue weighted by atomic mass is 32.1. The molecule has 1 aliphatic rings. The Labute approximate surface area is 280 Å². The van der Waals surface area contributed by atoms with Gasteiger partial charge in [0, 0.05) is 22.2 Å². The van der Waals surface area contributed by atoms with E-state index in [1.54, 1.807) is 52.0 Å². The third kappa shape index (κ3) is 6.63. The van der Waals surface area contributed by atoms with E-state index < -0.39 is 18.0 Å². The fraction of sp³-hybridized carbons (Fsp3) is 0.343. The first-order valence-electron chi connectivity index (χ1n) is 15.5. The molecule has 12 nitrogen and oxygen atoms in total. The van der Waals surface area contributed by atoms with E-state index >= 15 is 0 Å². The summed E-state index contributed by atoms with van der Waals surface area (Å²) < 4.78 is 30.6. The lowest BCUT2D eigenvalue weighted by molar-refractivity contribution is -0.144. The van der Waals surface area contributed by atoms with Crippen LogP contribution >= 0.6 is 11.3 Å². The number of rotatable bonds is 12. The number of benzene rings is 2. The van der Waals surface area contributed by atoms with Crippen molar-refractivity contribution in [1.82, 2.24) is 9.13 Å². The Balaban J connectivity index is 1.70. The van der Waals surface area contributed by atoms with Gasteiger partial charge in [-0.2, -0.15) is 0 Å². The van der Waals surface area contributed by atoms with Gasteiger partial charge in [-0.25, -0.2) is 14.6 Å². The van der Waals surface area contributed by atoms with Gasteiger partial charge in [-0.15, -0.1) is 0 Å². The Hall–Kier alpha value is -5.17. The molecule has 1 atom stereocenters. The molecule has 0 saturated heterocycles. The quantitative estimate of drug-likeness (QED) is 0.163. The summed E-state index contributed by atoms with van der Waals surface area (Å²) in [4.78, 5) is 57.1. The molecule has 0 radical (unpaired) electrons. The van der Waals surface area contributed by atoms with Crippen molar-refractivity contribution in [2.24, 2.45) is 4.99 Å². The Morgan fingerprint density at radius 1 is 0.938 bits per heavy atom. The maximum absolute atomic E-state index is 14.4. The SMILES string of the molecule is CCOC(=O)Cn1c(C)c(/C=c2/sc3n(c2=O)[C@@H](c2ccc(OCC(=O)OC)c(OCC)c2)C(C(=O)OCC)=C(C)N=3)c2ccccc21. The summed E-state index contributed by atoms with van der Waals surface area (Å²) in [7, 11) is 1.27. The summed E-state index contributed by atoms with van der Waals surface area (Å²) in [5.41, 5.74) is 3.22. The Morgan fingerprint density at radius 2 is 1.69 bits per heavy atom. The molecule has 1 aliphatic heterocycles. The smallest absolute Gasteiger partial charge is 0.343 e. The van der Waals surface area contributed by atoms with Crippen LogP contribution < -0.4 is 24.4 Å². The van der Waals surface area contributed by atoms with Gasteiger partial charge in [0.15, 0.2) is 22.9 Å². The highest BCUT2D eigenvalue weighted by Crippen LogP contribution is 2.36. The van der Waals surface area contributed by atoms with E-state index in [4.69, 9.17) is 18.9 Å². The van der Waals surface area contributed by atoms with Crippen molar-refractivity contribution in [3.05, 3.63) is 90.2 Å². The Bertz CT molecular complexity index is 2100. The average molecular weight is 676 g/mol. The lowest BCUT2D eigenvalue weighted by Crippen LogP contribution is -2.40. The molecule has 3 heterocycles. The van der Waals surface area contributed by atoms with Crippen molar-refractivity contribution in [1.29, 1.82) is 0 Å². The zero-order valence-electron chi connectivity index (χ0n) is 27.7. The number of fused-ring (bicyclic) bond motifs is 2. The summed E-state index contributed by atoms with van der Waals surface area (Å²) in [5, 5.41) is 0.869. The molecule has 2 aromatic heterocycles. The molecule has 0 unspecified atom stereocenters. The number of allylic oxidation sites excluding steroid dienone is 1. The molecular formula is C35H37N3O9S. The number of esters is 3. The molecule has 13 heteroatoms. The number of carbonyl (C=O) groups excluding carboxylic acids is 3. The van der Waals surface area contributed by atoms with Crippen LogP contribution in [0.1, 0.15) is 50.6 Å². The molecular weight excluding hydrogens is 638 g/mol. The van der Waals surface area contributed by atoms with Crippen molar-refractivity contribution < 1.29 is 38.1 Å². The topological polar surface area (TPSA) is 137 Å². The monoisotopic (exact) mass is 675 g/mol. The fourth-order valence-corrected chi connectivity index (χ4v) is 6.72. The van der Waals surface area contributed by atoms with Gasteiger partial charge in [0.2, 0.25) is 0 Å². The number of aromatic nitrogens is 2. The molecule has 0 amide bonds. The van der Waals surface area contributed by atoms with Crippen LogP contribution in [0.5, 0.6) is 11.5 Å². The predicted octanol–water partition coefficient (Wildman–Crippen LogP) is 3.58. The second-order valence-electron chi connectivity index (χ2n) is 10.7. The van der Waals surface area contributed by atoms with E-state index in [0.717, 1.165) is 22.2 Å². The number of thiazole rings is 1. The molecule has 0 bridgehead atoms. The van der Waals surface area contributed by atoms with Gasteiger partial charge in [-0.3, -0.25) is 14.2 Å². The third-order valence-corrected chi connectivity index (χ3v) is 8.80. The van der Waals surface area contributed by atoms with Crippen LogP contribution in [-0.2, 0) is 35.1 Å². The van der Waals surface area contributed by atoms with E-state index in [-0.39, 0.29) is 43.5 Å². The summed E-state index contributed by atoms with van der Waals surface area (Å²) in [6.07, 6.45) is 1.80. The number of para-hydroxylation sites is 1. The summed E-state index contributed by atoms with van der Waals surface area (Å²) in [5.74, 6) is -0.895. The normalized spacial score (nSPS) is 14.4. The number of carbonyl (C=O) groups is 3. The Kier molecular flexibility index (Phi) is 10.5. The van der Waals surface area contributed by atoms with Crippen LogP contribution in [0, 0.1) is 6.92 Å². The van der Waals surface area contributed by atoms with Gasteiger partial charge in [-0.05, 0) is 64.5 Å². The lowest BCUT2D eigenvalue weighted by Gasteiger charge is -2.25. The van der Waals surface area contributed by atoms with E-state index in [9.17, 15) is 19.2 Å². The number of hydrogen-bond donors (Lipinski definition) is 0. The standard InChI is InChI=1S/C35H37N3O9S/c1-7-44-27-16-22(14-15-26(27)47-19-30(40)43-6)32-31(34(42)46-9-3)20(4)36-35-38(32)33(41)28(48-35)17-24-21(5)37(18-29(39)45-8-2)25-13-11-10-12-23(24)25/h10-17,32H,7-9,18-19H2,1-6H3/b28-17+/t32-/m0/s1. The van der Waals surface area contributed by atoms with Gasteiger partial charge < -0.3 is 28.3 Å². The van der Waals surface area contributed by atoms with Crippen LogP contribution in [-0.4, -0.2) is 60.6 Å². The minimum atomic E-state index is -0.900. The van der Waals surface area contributed by atoms with Crippen molar-refractivity contribution in [3.8, 4) is 11.5 Å². The van der Waals surface area contributed by atoms with E-state index in [1.807, 2.05) is 35.8 Å². The van der Waals surface area contributed by atoms with Crippen LogP contribution in [0.4, 0.5) is 0 Å². The lowest BCUT2D eigenvalue weighted by atomic mass is 9.95.